The van der Waals surface area contributed by atoms with Crippen LogP contribution in [0.15, 0.2) is 66.7 Å². The molecule has 4 nitrogen and oxygen atoms in total. The number of benzene rings is 3. The van der Waals surface area contributed by atoms with Crippen molar-refractivity contribution in [1.29, 1.82) is 0 Å². The topological polar surface area (TPSA) is 38.1 Å². The third kappa shape index (κ3) is 3.61. The number of aromatic nitrogens is 2. The molecule has 1 saturated heterocycles. The number of carbonyl (C=O) groups is 1. The van der Waals surface area contributed by atoms with Crippen molar-refractivity contribution < 1.29 is 4.79 Å². The number of rotatable bonds is 4. The third-order valence-electron chi connectivity index (χ3n) is 6.26. The fourth-order valence-corrected chi connectivity index (χ4v) is 4.59. The van der Waals surface area contributed by atoms with Crippen LogP contribution in [0.1, 0.15) is 34.9 Å². The Bertz CT molecular complexity index is 1290. The van der Waals surface area contributed by atoms with Gasteiger partial charge in [-0.3, -0.25) is 4.79 Å². The van der Waals surface area contributed by atoms with E-state index in [1.807, 2.05) is 53.4 Å². The summed E-state index contributed by atoms with van der Waals surface area (Å²) in [4.78, 5) is 19.8. The molecule has 1 aliphatic heterocycles. The van der Waals surface area contributed by atoms with E-state index < -0.39 is 0 Å². The first-order valence-electron chi connectivity index (χ1n) is 10.6. The molecule has 0 aliphatic carbocycles. The summed E-state index contributed by atoms with van der Waals surface area (Å²) >= 11 is 6.46. The molecule has 156 valence electrons. The SMILES string of the molecule is Cc1ccc(N2CC(c3nc4ccccc4n3Cc3ccccc3Cl)CC2=O)cc1C. The number of hydrogen-bond acceptors (Lipinski definition) is 2. The van der Waals surface area contributed by atoms with E-state index in [0.29, 0.717) is 19.5 Å². The molecule has 1 unspecified atom stereocenters. The van der Waals surface area contributed by atoms with Gasteiger partial charge in [-0.25, -0.2) is 4.98 Å². The summed E-state index contributed by atoms with van der Waals surface area (Å²) in [7, 11) is 0. The number of nitrogens with zero attached hydrogens (tertiary/aromatic N) is 3. The Morgan fingerprint density at radius 1 is 1.00 bits per heavy atom. The monoisotopic (exact) mass is 429 g/mol. The van der Waals surface area contributed by atoms with Crippen molar-refractivity contribution in [1.82, 2.24) is 9.55 Å². The number of halogens is 1. The van der Waals surface area contributed by atoms with Crippen LogP contribution in [0.3, 0.4) is 0 Å². The number of amides is 1. The van der Waals surface area contributed by atoms with E-state index in [2.05, 4.69) is 36.6 Å². The zero-order valence-electron chi connectivity index (χ0n) is 17.7. The molecule has 4 aromatic rings. The third-order valence-corrected chi connectivity index (χ3v) is 6.63. The summed E-state index contributed by atoms with van der Waals surface area (Å²) in [5.41, 5.74) is 6.44. The van der Waals surface area contributed by atoms with E-state index in [9.17, 15) is 4.79 Å². The molecule has 0 bridgehead atoms. The van der Waals surface area contributed by atoms with Crippen molar-refractivity contribution in [3.63, 3.8) is 0 Å². The molecule has 1 atom stereocenters. The van der Waals surface area contributed by atoms with E-state index >= 15 is 0 Å². The molecule has 1 amide bonds. The molecule has 5 rings (SSSR count). The first-order valence-corrected chi connectivity index (χ1v) is 11.0. The summed E-state index contributed by atoms with van der Waals surface area (Å²) in [6, 6.07) is 22.3. The molecule has 5 heteroatoms. The van der Waals surface area contributed by atoms with Crippen LogP contribution in [0.4, 0.5) is 5.69 Å². The number of para-hydroxylation sites is 2. The molecule has 0 saturated carbocycles. The molecule has 0 spiro atoms. The van der Waals surface area contributed by atoms with Crippen LogP contribution in [-0.4, -0.2) is 22.0 Å². The number of imidazole rings is 1. The van der Waals surface area contributed by atoms with Crippen molar-refractivity contribution in [3.05, 3.63) is 94.3 Å². The molecule has 0 radical (unpaired) electrons. The maximum absolute atomic E-state index is 13.0. The van der Waals surface area contributed by atoms with Crippen LogP contribution in [0.25, 0.3) is 11.0 Å². The minimum Gasteiger partial charge on any atom is -0.323 e. The molecular weight excluding hydrogens is 406 g/mol. The van der Waals surface area contributed by atoms with Gasteiger partial charge in [-0.05, 0) is 60.9 Å². The number of aryl methyl sites for hydroxylation is 2. The highest BCUT2D eigenvalue weighted by molar-refractivity contribution is 6.31. The Hall–Kier alpha value is -3.11. The average molecular weight is 430 g/mol. The zero-order valence-corrected chi connectivity index (χ0v) is 18.4. The normalized spacial score (nSPS) is 16.4. The fraction of sp³-hybridized carbons (Fsp3) is 0.231. The highest BCUT2D eigenvalue weighted by Gasteiger charge is 2.35. The summed E-state index contributed by atoms with van der Waals surface area (Å²) in [6.45, 7) is 5.43. The molecular formula is C26H24ClN3O. The minimum atomic E-state index is 0.0315. The maximum atomic E-state index is 13.0. The van der Waals surface area contributed by atoms with Crippen LogP contribution in [-0.2, 0) is 11.3 Å². The molecule has 1 fully saturated rings. The Kier molecular flexibility index (Phi) is 5.03. The minimum absolute atomic E-state index is 0.0315. The van der Waals surface area contributed by atoms with E-state index in [1.165, 1.54) is 11.1 Å². The van der Waals surface area contributed by atoms with Gasteiger partial charge in [0.15, 0.2) is 0 Å². The summed E-state index contributed by atoms with van der Waals surface area (Å²) in [6.07, 6.45) is 0.457. The van der Waals surface area contributed by atoms with Crippen molar-refractivity contribution in [2.24, 2.45) is 0 Å². The largest absolute Gasteiger partial charge is 0.323 e. The molecule has 2 heterocycles. The first kappa shape index (κ1) is 19.8. The van der Waals surface area contributed by atoms with Crippen molar-refractivity contribution in [2.75, 3.05) is 11.4 Å². The van der Waals surface area contributed by atoms with E-state index in [-0.39, 0.29) is 11.8 Å². The highest BCUT2D eigenvalue weighted by Crippen LogP contribution is 2.34. The van der Waals surface area contributed by atoms with E-state index in [0.717, 1.165) is 33.1 Å². The van der Waals surface area contributed by atoms with Crippen molar-refractivity contribution >= 4 is 34.2 Å². The lowest BCUT2D eigenvalue weighted by atomic mass is 10.1. The molecule has 3 aromatic carbocycles. The van der Waals surface area contributed by atoms with Crippen molar-refractivity contribution in [3.8, 4) is 0 Å². The fourth-order valence-electron chi connectivity index (χ4n) is 4.39. The number of fused-ring (bicyclic) bond motifs is 1. The van der Waals surface area contributed by atoms with Crippen LogP contribution in [0.2, 0.25) is 5.02 Å². The van der Waals surface area contributed by atoms with E-state index in [1.54, 1.807) is 0 Å². The second kappa shape index (κ2) is 7.86. The lowest BCUT2D eigenvalue weighted by Crippen LogP contribution is -2.24. The predicted octanol–water partition coefficient (Wildman–Crippen LogP) is 5.88. The van der Waals surface area contributed by atoms with Gasteiger partial charge in [0.25, 0.3) is 0 Å². The molecule has 1 aromatic heterocycles. The Morgan fingerprint density at radius 2 is 1.77 bits per heavy atom. The summed E-state index contributed by atoms with van der Waals surface area (Å²) in [5.74, 6) is 1.12. The number of anilines is 1. The van der Waals surface area contributed by atoms with Crippen LogP contribution in [0, 0.1) is 13.8 Å². The molecule has 31 heavy (non-hydrogen) atoms. The van der Waals surface area contributed by atoms with Gasteiger partial charge >= 0.3 is 0 Å². The zero-order chi connectivity index (χ0) is 21.5. The highest BCUT2D eigenvalue weighted by atomic mass is 35.5. The first-order chi connectivity index (χ1) is 15.0. The summed E-state index contributed by atoms with van der Waals surface area (Å²) in [5, 5.41) is 0.741. The molecule has 0 N–H and O–H groups in total. The molecule has 1 aliphatic rings. The lowest BCUT2D eigenvalue weighted by Gasteiger charge is -2.19. The second-order valence-electron chi connectivity index (χ2n) is 8.31. The van der Waals surface area contributed by atoms with Crippen LogP contribution in [0.5, 0.6) is 0 Å². The van der Waals surface area contributed by atoms with Crippen LogP contribution < -0.4 is 4.90 Å². The lowest BCUT2D eigenvalue weighted by molar-refractivity contribution is -0.117. The summed E-state index contributed by atoms with van der Waals surface area (Å²) < 4.78 is 2.22. The van der Waals surface area contributed by atoms with Gasteiger partial charge in [0.05, 0.1) is 17.6 Å². The number of hydrogen-bond donors (Lipinski definition) is 0. The van der Waals surface area contributed by atoms with Gasteiger partial charge in [0.1, 0.15) is 5.82 Å². The average Bonchev–Trinajstić information content (AvgIpc) is 3.32. The van der Waals surface area contributed by atoms with E-state index in [4.69, 9.17) is 16.6 Å². The Morgan fingerprint density at radius 3 is 2.58 bits per heavy atom. The van der Waals surface area contributed by atoms with Gasteiger partial charge in [0.2, 0.25) is 5.91 Å². The van der Waals surface area contributed by atoms with Gasteiger partial charge in [0, 0.05) is 29.6 Å². The van der Waals surface area contributed by atoms with Gasteiger partial charge in [-0.2, -0.15) is 0 Å². The van der Waals surface area contributed by atoms with Crippen LogP contribution >= 0.6 is 11.6 Å². The van der Waals surface area contributed by atoms with Crippen molar-refractivity contribution in [2.45, 2.75) is 32.7 Å². The second-order valence-corrected chi connectivity index (χ2v) is 8.72. The smallest absolute Gasteiger partial charge is 0.227 e. The van der Waals surface area contributed by atoms with Gasteiger partial charge in [-0.15, -0.1) is 0 Å². The standard InChI is InChI=1S/C26H24ClN3O/c1-17-11-12-21(13-18(17)2)29-16-20(14-25(29)31)26-28-23-9-5-6-10-24(23)30(26)15-19-7-3-4-8-22(19)27/h3-13,20H,14-16H2,1-2H3. The Balaban J connectivity index is 1.53. The van der Waals surface area contributed by atoms with Gasteiger partial charge in [-0.1, -0.05) is 48.0 Å². The Labute approximate surface area is 187 Å². The van der Waals surface area contributed by atoms with Gasteiger partial charge < -0.3 is 9.47 Å². The predicted molar refractivity (Wildman–Crippen MR) is 126 cm³/mol. The number of carbonyl (C=O) groups excluding carboxylic acids is 1. The quantitative estimate of drug-likeness (QED) is 0.406. The maximum Gasteiger partial charge on any atom is 0.227 e.